The molecule has 38 heavy (non-hydrogen) atoms. The molecule has 1 amide bonds. The highest BCUT2D eigenvalue weighted by Gasteiger charge is 2.25. The molecule has 0 unspecified atom stereocenters. The van der Waals surface area contributed by atoms with Gasteiger partial charge in [0.2, 0.25) is 0 Å². The monoisotopic (exact) mass is 540 g/mol. The van der Waals surface area contributed by atoms with Crippen molar-refractivity contribution in [3.8, 4) is 5.69 Å². The average Bonchev–Trinajstić information content (AvgIpc) is 3.10. The lowest BCUT2D eigenvalue weighted by atomic mass is 10.0. The van der Waals surface area contributed by atoms with Crippen LogP contribution in [0.1, 0.15) is 41.4 Å². The number of aryl methyl sites for hydroxylation is 1. The van der Waals surface area contributed by atoms with Gasteiger partial charge < -0.3 is 9.64 Å². The Morgan fingerprint density at radius 3 is 2.50 bits per heavy atom. The molecule has 1 saturated heterocycles. The Hall–Kier alpha value is -3.86. The SMILES string of the molecule is Cc1ccc(S(=O)(=O)Nc2c(C)n(C)n(-c3ccccc3)c2=O)cc1C(=O)OCC(=O)N1CCC[C@H](C)C1. The van der Waals surface area contributed by atoms with E-state index in [1.807, 2.05) is 6.07 Å². The van der Waals surface area contributed by atoms with Gasteiger partial charge in [-0.25, -0.2) is 17.9 Å². The molecule has 10 nitrogen and oxygen atoms in total. The van der Waals surface area contributed by atoms with Crippen molar-refractivity contribution in [3.05, 3.63) is 75.7 Å². The first-order valence-corrected chi connectivity index (χ1v) is 13.9. The number of sulfonamides is 1. The van der Waals surface area contributed by atoms with E-state index in [0.29, 0.717) is 36.0 Å². The van der Waals surface area contributed by atoms with Gasteiger partial charge in [0.25, 0.3) is 21.5 Å². The number of hydrogen-bond acceptors (Lipinski definition) is 6. The van der Waals surface area contributed by atoms with E-state index in [2.05, 4.69) is 11.6 Å². The second kappa shape index (κ2) is 10.9. The molecule has 3 aromatic rings. The molecule has 4 rings (SSSR count). The van der Waals surface area contributed by atoms with Crippen LogP contribution in [-0.4, -0.2) is 54.3 Å². The maximum Gasteiger partial charge on any atom is 0.338 e. The minimum absolute atomic E-state index is 0.0270. The fraction of sp³-hybridized carbons (Fsp3) is 0.370. The Labute approximate surface area is 221 Å². The fourth-order valence-electron chi connectivity index (χ4n) is 4.58. The largest absolute Gasteiger partial charge is 0.452 e. The normalized spacial score (nSPS) is 15.8. The highest BCUT2D eigenvalue weighted by atomic mass is 32.2. The molecule has 0 spiro atoms. The van der Waals surface area contributed by atoms with Crippen LogP contribution in [0.5, 0.6) is 0 Å². The maximum absolute atomic E-state index is 13.3. The van der Waals surface area contributed by atoms with E-state index in [0.717, 1.165) is 12.8 Å². The van der Waals surface area contributed by atoms with Crippen molar-refractivity contribution >= 4 is 27.6 Å². The van der Waals surface area contributed by atoms with Gasteiger partial charge in [-0.05, 0) is 62.4 Å². The predicted octanol–water partition coefficient (Wildman–Crippen LogP) is 3.01. The molecule has 0 radical (unpaired) electrons. The summed E-state index contributed by atoms with van der Waals surface area (Å²) in [4.78, 5) is 39.9. The molecule has 2 heterocycles. The summed E-state index contributed by atoms with van der Waals surface area (Å²) in [7, 11) is -2.57. The van der Waals surface area contributed by atoms with Crippen molar-refractivity contribution in [1.82, 2.24) is 14.3 Å². The molecule has 0 bridgehead atoms. The fourth-order valence-corrected chi connectivity index (χ4v) is 5.72. The lowest BCUT2D eigenvalue weighted by Gasteiger charge is -2.30. The number of esters is 1. The highest BCUT2D eigenvalue weighted by Crippen LogP contribution is 2.22. The number of benzene rings is 2. The first-order chi connectivity index (χ1) is 18.0. The second-order valence-electron chi connectivity index (χ2n) is 9.68. The lowest BCUT2D eigenvalue weighted by molar-refractivity contribution is -0.136. The number of ether oxygens (including phenoxy) is 1. The van der Waals surface area contributed by atoms with Crippen LogP contribution in [0.4, 0.5) is 5.69 Å². The molecule has 2 aromatic carbocycles. The van der Waals surface area contributed by atoms with Crippen molar-refractivity contribution in [1.29, 1.82) is 0 Å². The minimum atomic E-state index is -4.23. The van der Waals surface area contributed by atoms with Gasteiger partial charge in [-0.1, -0.05) is 31.2 Å². The van der Waals surface area contributed by atoms with Crippen LogP contribution in [0.3, 0.4) is 0 Å². The van der Waals surface area contributed by atoms with Crippen molar-refractivity contribution in [2.24, 2.45) is 13.0 Å². The molecule has 1 fully saturated rings. The van der Waals surface area contributed by atoms with Crippen LogP contribution in [0, 0.1) is 19.8 Å². The van der Waals surface area contributed by atoms with Crippen LogP contribution in [-0.2, 0) is 26.6 Å². The summed E-state index contributed by atoms with van der Waals surface area (Å²) in [5.74, 6) is -0.673. The Morgan fingerprint density at radius 2 is 1.82 bits per heavy atom. The smallest absolute Gasteiger partial charge is 0.338 e. The van der Waals surface area contributed by atoms with E-state index < -0.39 is 28.2 Å². The molecule has 1 atom stereocenters. The quantitative estimate of drug-likeness (QED) is 0.460. The zero-order valence-corrected chi connectivity index (χ0v) is 22.7. The molecular formula is C27H32N4O6S. The van der Waals surface area contributed by atoms with Gasteiger partial charge in [0, 0.05) is 20.1 Å². The van der Waals surface area contributed by atoms with Crippen molar-refractivity contribution in [3.63, 3.8) is 0 Å². The van der Waals surface area contributed by atoms with Gasteiger partial charge in [0.15, 0.2) is 6.61 Å². The number of amides is 1. The maximum atomic E-state index is 13.3. The number of carbonyl (C=O) groups excluding carboxylic acids is 2. The van der Waals surface area contributed by atoms with E-state index in [1.165, 1.54) is 22.9 Å². The lowest BCUT2D eigenvalue weighted by Crippen LogP contribution is -2.41. The van der Waals surface area contributed by atoms with Crippen molar-refractivity contribution in [2.45, 2.75) is 38.5 Å². The standard InChI is InChI=1S/C27H32N4O6S/c1-18-9-8-14-30(16-18)24(32)17-37-27(34)23-15-22(13-12-19(23)2)38(35,36)28-25-20(3)29(4)31(26(25)33)21-10-6-5-7-11-21/h5-7,10-13,15,18,28H,8-9,14,16-17H2,1-4H3/t18-/m0/s1. The molecular weight excluding hydrogens is 508 g/mol. The summed E-state index contributed by atoms with van der Waals surface area (Å²) < 4.78 is 37.1. The van der Waals surface area contributed by atoms with E-state index >= 15 is 0 Å². The molecule has 11 heteroatoms. The Kier molecular flexibility index (Phi) is 7.77. The van der Waals surface area contributed by atoms with Crippen LogP contribution >= 0.6 is 0 Å². The van der Waals surface area contributed by atoms with E-state index in [4.69, 9.17) is 4.74 Å². The molecule has 202 valence electrons. The van der Waals surface area contributed by atoms with E-state index in [9.17, 15) is 22.8 Å². The molecule has 1 aliphatic rings. The summed E-state index contributed by atoms with van der Waals surface area (Å²) in [6.45, 7) is 6.19. The molecule has 1 N–H and O–H groups in total. The summed E-state index contributed by atoms with van der Waals surface area (Å²) in [5.41, 5.74) is 0.899. The number of nitrogens with one attached hydrogen (secondary N) is 1. The molecule has 0 saturated carbocycles. The van der Waals surface area contributed by atoms with Crippen LogP contribution in [0.25, 0.3) is 5.69 Å². The zero-order valence-electron chi connectivity index (χ0n) is 21.9. The number of likely N-dealkylation sites (tertiary alicyclic amines) is 1. The third-order valence-electron chi connectivity index (χ3n) is 6.87. The number of carbonyl (C=O) groups is 2. The molecule has 1 aromatic heterocycles. The number of rotatable bonds is 7. The van der Waals surface area contributed by atoms with E-state index in [1.54, 1.807) is 54.7 Å². The highest BCUT2D eigenvalue weighted by molar-refractivity contribution is 7.92. The average molecular weight is 541 g/mol. The summed E-state index contributed by atoms with van der Waals surface area (Å²) in [6, 6.07) is 12.9. The van der Waals surface area contributed by atoms with Gasteiger partial charge in [-0.3, -0.25) is 19.0 Å². The minimum Gasteiger partial charge on any atom is -0.452 e. The number of para-hydroxylation sites is 1. The first kappa shape index (κ1) is 27.2. The van der Waals surface area contributed by atoms with Gasteiger partial charge in [-0.2, -0.15) is 0 Å². The summed E-state index contributed by atoms with van der Waals surface area (Å²) in [6.07, 6.45) is 1.96. The Morgan fingerprint density at radius 1 is 1.11 bits per heavy atom. The van der Waals surface area contributed by atoms with Gasteiger partial charge in [-0.15, -0.1) is 0 Å². The number of hydrogen-bond donors (Lipinski definition) is 1. The van der Waals surface area contributed by atoms with Gasteiger partial charge >= 0.3 is 5.97 Å². The molecule has 0 aliphatic carbocycles. The van der Waals surface area contributed by atoms with E-state index in [-0.39, 0.29) is 22.1 Å². The second-order valence-corrected chi connectivity index (χ2v) is 11.4. The summed E-state index contributed by atoms with van der Waals surface area (Å²) >= 11 is 0. The first-order valence-electron chi connectivity index (χ1n) is 12.4. The Bertz CT molecular complexity index is 1520. The third-order valence-corrected chi connectivity index (χ3v) is 8.21. The van der Waals surface area contributed by atoms with Crippen LogP contribution < -0.4 is 10.3 Å². The number of aromatic nitrogens is 2. The summed E-state index contributed by atoms with van der Waals surface area (Å²) in [5, 5.41) is 0. The van der Waals surface area contributed by atoms with Gasteiger partial charge in [0.1, 0.15) is 5.69 Å². The zero-order chi connectivity index (χ0) is 27.6. The van der Waals surface area contributed by atoms with Gasteiger partial charge in [0.05, 0.1) is 21.8 Å². The number of piperidine rings is 1. The van der Waals surface area contributed by atoms with Crippen molar-refractivity contribution in [2.75, 3.05) is 24.4 Å². The third kappa shape index (κ3) is 5.52. The Balaban J connectivity index is 1.54. The molecule has 1 aliphatic heterocycles. The van der Waals surface area contributed by atoms with Crippen molar-refractivity contribution < 1.29 is 22.7 Å². The topological polar surface area (TPSA) is 120 Å². The van der Waals surface area contributed by atoms with Crippen LogP contribution in [0.15, 0.2) is 58.2 Å². The number of nitrogens with zero attached hydrogens (tertiary/aromatic N) is 3. The number of anilines is 1. The van der Waals surface area contributed by atoms with Crippen LogP contribution in [0.2, 0.25) is 0 Å². The predicted molar refractivity (Wildman–Crippen MR) is 143 cm³/mol.